The van der Waals surface area contributed by atoms with Gasteiger partial charge in [0.25, 0.3) is 0 Å². The van der Waals surface area contributed by atoms with Crippen LogP contribution in [0.3, 0.4) is 0 Å². The monoisotopic (exact) mass is 268 g/mol. The van der Waals surface area contributed by atoms with E-state index >= 15 is 0 Å². The van der Waals surface area contributed by atoms with Crippen LogP contribution in [0.4, 0.5) is 0 Å². The first kappa shape index (κ1) is 13.5. The van der Waals surface area contributed by atoms with Gasteiger partial charge in [0, 0.05) is 37.3 Å². The molecule has 1 aliphatic rings. The van der Waals surface area contributed by atoms with Gasteiger partial charge in [-0.05, 0) is 13.8 Å². The number of thiazole rings is 1. The third-order valence-corrected chi connectivity index (χ3v) is 4.10. The molecule has 1 fully saturated rings. The topological polar surface area (TPSA) is 57.3 Å². The van der Waals surface area contributed by atoms with Crippen LogP contribution in [0.25, 0.3) is 0 Å². The van der Waals surface area contributed by atoms with Gasteiger partial charge >= 0.3 is 0 Å². The minimum absolute atomic E-state index is 0.0545. The Morgan fingerprint density at radius 2 is 2.33 bits per heavy atom. The van der Waals surface area contributed by atoms with E-state index in [2.05, 4.69) is 20.5 Å². The molecule has 1 aliphatic heterocycles. The summed E-state index contributed by atoms with van der Waals surface area (Å²) in [7, 11) is 0. The Morgan fingerprint density at radius 3 is 2.94 bits per heavy atom. The first-order chi connectivity index (χ1) is 8.66. The molecule has 1 saturated heterocycles. The Hall–Kier alpha value is -0.980. The van der Waals surface area contributed by atoms with Crippen LogP contribution in [0.2, 0.25) is 0 Å². The minimum Gasteiger partial charge on any atom is -0.350 e. The summed E-state index contributed by atoms with van der Waals surface area (Å²) in [5, 5.41) is 7.30. The van der Waals surface area contributed by atoms with Crippen molar-refractivity contribution in [2.24, 2.45) is 0 Å². The largest absolute Gasteiger partial charge is 0.350 e. The molecule has 2 rings (SSSR count). The molecule has 100 valence electrons. The van der Waals surface area contributed by atoms with Gasteiger partial charge in [0.05, 0.1) is 17.6 Å². The number of amides is 1. The quantitative estimate of drug-likeness (QED) is 0.828. The number of nitrogens with one attached hydrogen (secondary N) is 2. The molecule has 2 heterocycles. The second-order valence-electron chi connectivity index (χ2n) is 4.53. The lowest BCUT2D eigenvalue weighted by atomic mass is 10.2. The Morgan fingerprint density at radius 1 is 1.61 bits per heavy atom. The number of carbonyl (C=O) groups is 1. The van der Waals surface area contributed by atoms with Crippen molar-refractivity contribution in [2.75, 3.05) is 26.2 Å². The van der Waals surface area contributed by atoms with Gasteiger partial charge in [-0.3, -0.25) is 9.69 Å². The SMILES string of the molecule is Cc1ncc(CNC(=O)C(C)N2CCNCC2)s1. The number of rotatable bonds is 4. The second-order valence-corrected chi connectivity index (χ2v) is 5.84. The zero-order valence-electron chi connectivity index (χ0n) is 10.9. The van der Waals surface area contributed by atoms with Crippen molar-refractivity contribution in [3.63, 3.8) is 0 Å². The molecule has 1 aromatic heterocycles. The maximum absolute atomic E-state index is 12.0. The zero-order chi connectivity index (χ0) is 13.0. The summed E-state index contributed by atoms with van der Waals surface area (Å²) >= 11 is 1.63. The van der Waals surface area contributed by atoms with Crippen molar-refractivity contribution in [3.8, 4) is 0 Å². The van der Waals surface area contributed by atoms with Crippen molar-refractivity contribution < 1.29 is 4.79 Å². The van der Waals surface area contributed by atoms with E-state index in [1.54, 1.807) is 11.3 Å². The summed E-state index contributed by atoms with van der Waals surface area (Å²) in [4.78, 5) is 19.5. The predicted molar refractivity (Wildman–Crippen MR) is 72.6 cm³/mol. The summed E-state index contributed by atoms with van der Waals surface area (Å²) < 4.78 is 0. The number of hydrogen-bond acceptors (Lipinski definition) is 5. The molecule has 1 atom stereocenters. The molecule has 0 bridgehead atoms. The van der Waals surface area contributed by atoms with Crippen LogP contribution in [0.5, 0.6) is 0 Å². The Bertz CT molecular complexity index is 401. The molecule has 18 heavy (non-hydrogen) atoms. The first-order valence-corrected chi connectivity index (χ1v) is 7.12. The van der Waals surface area contributed by atoms with E-state index in [-0.39, 0.29) is 11.9 Å². The molecule has 0 radical (unpaired) electrons. The highest BCUT2D eigenvalue weighted by Crippen LogP contribution is 2.11. The highest BCUT2D eigenvalue weighted by Gasteiger charge is 2.22. The molecule has 1 amide bonds. The van der Waals surface area contributed by atoms with Crippen molar-refractivity contribution >= 4 is 17.2 Å². The van der Waals surface area contributed by atoms with Gasteiger partial charge in [-0.2, -0.15) is 0 Å². The number of piperazine rings is 1. The molecular weight excluding hydrogens is 248 g/mol. The van der Waals surface area contributed by atoms with Crippen molar-refractivity contribution in [3.05, 3.63) is 16.1 Å². The lowest BCUT2D eigenvalue weighted by Gasteiger charge is -2.31. The fourth-order valence-electron chi connectivity index (χ4n) is 2.04. The molecule has 0 saturated carbocycles. The van der Waals surface area contributed by atoms with E-state index in [1.807, 2.05) is 20.0 Å². The van der Waals surface area contributed by atoms with E-state index in [4.69, 9.17) is 0 Å². The average Bonchev–Trinajstić information content (AvgIpc) is 2.82. The summed E-state index contributed by atoms with van der Waals surface area (Å²) in [6.07, 6.45) is 1.83. The van der Waals surface area contributed by atoms with Gasteiger partial charge < -0.3 is 10.6 Å². The molecular formula is C12H20N4OS. The summed E-state index contributed by atoms with van der Waals surface area (Å²) in [5.41, 5.74) is 0. The number of nitrogens with zero attached hydrogens (tertiary/aromatic N) is 2. The third kappa shape index (κ3) is 3.51. The molecule has 0 aliphatic carbocycles. The third-order valence-electron chi connectivity index (χ3n) is 3.18. The molecule has 0 aromatic carbocycles. The maximum Gasteiger partial charge on any atom is 0.237 e. The van der Waals surface area contributed by atoms with Gasteiger partial charge in [-0.1, -0.05) is 0 Å². The van der Waals surface area contributed by atoms with Crippen LogP contribution in [0.1, 0.15) is 16.8 Å². The van der Waals surface area contributed by atoms with Gasteiger partial charge in [-0.25, -0.2) is 4.98 Å². The highest BCUT2D eigenvalue weighted by molar-refractivity contribution is 7.11. The number of aryl methyl sites for hydroxylation is 1. The maximum atomic E-state index is 12.0. The van der Waals surface area contributed by atoms with Crippen molar-refractivity contribution in [2.45, 2.75) is 26.4 Å². The van der Waals surface area contributed by atoms with E-state index < -0.39 is 0 Å². The van der Waals surface area contributed by atoms with Crippen LogP contribution in [0.15, 0.2) is 6.20 Å². The van der Waals surface area contributed by atoms with Crippen LogP contribution in [-0.2, 0) is 11.3 Å². The van der Waals surface area contributed by atoms with Gasteiger partial charge in [0.1, 0.15) is 0 Å². The Kier molecular flexibility index (Phi) is 4.68. The van der Waals surface area contributed by atoms with Crippen molar-refractivity contribution in [1.29, 1.82) is 0 Å². The fraction of sp³-hybridized carbons (Fsp3) is 0.667. The smallest absolute Gasteiger partial charge is 0.237 e. The van der Waals surface area contributed by atoms with E-state index in [1.165, 1.54) is 0 Å². The number of carbonyl (C=O) groups excluding carboxylic acids is 1. The summed E-state index contributed by atoms with van der Waals surface area (Å²) in [5.74, 6) is 0.1000. The zero-order valence-corrected chi connectivity index (χ0v) is 11.7. The fourth-order valence-corrected chi connectivity index (χ4v) is 2.78. The summed E-state index contributed by atoms with van der Waals surface area (Å²) in [6.45, 7) is 8.33. The minimum atomic E-state index is -0.0545. The highest BCUT2D eigenvalue weighted by atomic mass is 32.1. The van der Waals surface area contributed by atoms with Gasteiger partial charge in [0.15, 0.2) is 0 Å². The van der Waals surface area contributed by atoms with E-state index in [9.17, 15) is 4.79 Å². The first-order valence-electron chi connectivity index (χ1n) is 6.30. The average molecular weight is 268 g/mol. The molecule has 5 nitrogen and oxygen atoms in total. The predicted octanol–water partition coefficient (Wildman–Crippen LogP) is 0.361. The normalized spacial score (nSPS) is 18.6. The van der Waals surface area contributed by atoms with Crippen LogP contribution < -0.4 is 10.6 Å². The Labute approximate surface area is 112 Å². The van der Waals surface area contributed by atoms with Crippen LogP contribution in [-0.4, -0.2) is 48.0 Å². The second kappa shape index (κ2) is 6.26. The van der Waals surface area contributed by atoms with E-state index in [0.717, 1.165) is 36.1 Å². The number of aromatic nitrogens is 1. The van der Waals surface area contributed by atoms with Crippen LogP contribution in [0, 0.1) is 6.92 Å². The summed E-state index contributed by atoms with van der Waals surface area (Å²) in [6, 6.07) is -0.0545. The van der Waals surface area contributed by atoms with Gasteiger partial charge in [0.2, 0.25) is 5.91 Å². The molecule has 1 unspecified atom stereocenters. The van der Waals surface area contributed by atoms with Gasteiger partial charge in [-0.15, -0.1) is 11.3 Å². The molecule has 2 N–H and O–H groups in total. The lowest BCUT2D eigenvalue weighted by Crippen LogP contribution is -2.52. The molecule has 0 spiro atoms. The lowest BCUT2D eigenvalue weighted by molar-refractivity contribution is -0.126. The Balaban J connectivity index is 1.79. The van der Waals surface area contributed by atoms with Crippen molar-refractivity contribution in [1.82, 2.24) is 20.5 Å². The molecule has 6 heteroatoms. The molecule has 1 aromatic rings. The van der Waals surface area contributed by atoms with Crippen LogP contribution >= 0.6 is 11.3 Å². The number of hydrogen-bond donors (Lipinski definition) is 2. The standard InChI is InChI=1S/C12H20N4OS/c1-9(16-5-3-13-4-6-16)12(17)15-8-11-7-14-10(2)18-11/h7,9,13H,3-6,8H2,1-2H3,(H,15,17). The van der Waals surface area contributed by atoms with E-state index in [0.29, 0.717) is 6.54 Å².